The zero-order valence-corrected chi connectivity index (χ0v) is 5.45. The van der Waals surface area contributed by atoms with Crippen molar-refractivity contribution in [3.63, 3.8) is 0 Å². The number of hydrogen-bond acceptors (Lipinski definition) is 3. The third-order valence-electron chi connectivity index (χ3n) is 1.29. The van der Waals surface area contributed by atoms with Crippen LogP contribution in [-0.4, -0.2) is 72.9 Å². The molecule has 0 spiro atoms. The van der Waals surface area contributed by atoms with Gasteiger partial charge in [0.2, 0.25) is 0 Å². The Bertz CT molecular complexity index is 57.0. The zero-order chi connectivity index (χ0) is 7.11. The molecule has 0 saturated heterocycles. The van der Waals surface area contributed by atoms with E-state index < -0.39 is 0 Å². The Balaban J connectivity index is 0. The van der Waals surface area contributed by atoms with Crippen molar-refractivity contribution < 1.29 is 15.3 Å². The fourth-order valence-corrected chi connectivity index (χ4v) is 0.620. The molecular formula is C6H16CaO3. The average Bonchev–Trinajstić information content (AvgIpc) is 1.91. The Morgan fingerprint density at radius 2 is 1.50 bits per heavy atom. The predicted molar refractivity (Wildman–Crippen MR) is 42.5 cm³/mol. The molecule has 0 unspecified atom stereocenters. The number of aliphatic hydroxyl groups excluding tert-OH is 3. The Morgan fingerprint density at radius 3 is 1.80 bits per heavy atom. The van der Waals surface area contributed by atoms with Crippen molar-refractivity contribution in [2.24, 2.45) is 5.92 Å². The van der Waals surface area contributed by atoms with Crippen LogP contribution in [0.25, 0.3) is 0 Å². The van der Waals surface area contributed by atoms with E-state index in [1.54, 1.807) is 0 Å². The van der Waals surface area contributed by atoms with E-state index >= 15 is 0 Å². The zero-order valence-electron chi connectivity index (χ0n) is 5.45. The van der Waals surface area contributed by atoms with E-state index in [9.17, 15) is 0 Å². The van der Waals surface area contributed by atoms with Gasteiger partial charge >= 0.3 is 37.7 Å². The molecule has 0 aliphatic rings. The Hall–Kier alpha value is 1.14. The molecule has 10 heavy (non-hydrogen) atoms. The maximum absolute atomic E-state index is 8.51. The molecule has 0 amide bonds. The van der Waals surface area contributed by atoms with E-state index in [2.05, 4.69) is 0 Å². The summed E-state index contributed by atoms with van der Waals surface area (Å²) in [5.41, 5.74) is 0. The van der Waals surface area contributed by atoms with Crippen LogP contribution in [0.4, 0.5) is 0 Å². The van der Waals surface area contributed by atoms with E-state index in [0.29, 0.717) is 12.8 Å². The maximum atomic E-state index is 8.51. The SMILES string of the molecule is OCCCC(CO)CO.[CaH2]. The van der Waals surface area contributed by atoms with Crippen LogP contribution in [0.2, 0.25) is 0 Å². The van der Waals surface area contributed by atoms with Gasteiger partial charge in [0.1, 0.15) is 0 Å². The van der Waals surface area contributed by atoms with Crippen molar-refractivity contribution in [1.82, 2.24) is 0 Å². The summed E-state index contributed by atoms with van der Waals surface area (Å²) in [4.78, 5) is 0. The number of hydrogen-bond donors (Lipinski definition) is 3. The fraction of sp³-hybridized carbons (Fsp3) is 1.00. The van der Waals surface area contributed by atoms with E-state index in [1.807, 2.05) is 0 Å². The van der Waals surface area contributed by atoms with Crippen LogP contribution in [0, 0.1) is 5.92 Å². The molecule has 0 saturated carbocycles. The van der Waals surface area contributed by atoms with Gasteiger partial charge in [0.05, 0.1) is 0 Å². The second-order valence-electron chi connectivity index (χ2n) is 2.10. The second-order valence-corrected chi connectivity index (χ2v) is 2.10. The third kappa shape index (κ3) is 7.25. The summed E-state index contributed by atoms with van der Waals surface area (Å²) in [7, 11) is 0. The van der Waals surface area contributed by atoms with Crippen LogP contribution in [0.15, 0.2) is 0 Å². The monoisotopic (exact) mass is 176 g/mol. The summed E-state index contributed by atoms with van der Waals surface area (Å²) in [6, 6.07) is 0. The molecule has 4 heteroatoms. The molecule has 0 bridgehead atoms. The van der Waals surface area contributed by atoms with Gasteiger partial charge < -0.3 is 15.3 Å². The fourth-order valence-electron chi connectivity index (χ4n) is 0.620. The van der Waals surface area contributed by atoms with Crippen LogP contribution in [-0.2, 0) is 0 Å². The summed E-state index contributed by atoms with van der Waals surface area (Å²) in [6.45, 7) is 0.156. The molecule has 0 atom stereocenters. The first-order valence-electron chi connectivity index (χ1n) is 3.17. The Kier molecular flexibility index (Phi) is 13.9. The van der Waals surface area contributed by atoms with Crippen LogP contribution >= 0.6 is 0 Å². The minimum absolute atomic E-state index is 0. The van der Waals surface area contributed by atoms with Gasteiger partial charge in [-0.25, -0.2) is 0 Å². The first-order valence-corrected chi connectivity index (χ1v) is 3.17. The van der Waals surface area contributed by atoms with Crippen LogP contribution in [0.5, 0.6) is 0 Å². The Labute approximate surface area is 91.1 Å². The van der Waals surface area contributed by atoms with Crippen molar-refractivity contribution in [3.8, 4) is 0 Å². The van der Waals surface area contributed by atoms with E-state index in [1.165, 1.54) is 0 Å². The van der Waals surface area contributed by atoms with Crippen LogP contribution in [0.3, 0.4) is 0 Å². The molecule has 0 aromatic rings. The third-order valence-corrected chi connectivity index (χ3v) is 1.29. The first kappa shape index (κ1) is 13.7. The van der Waals surface area contributed by atoms with Gasteiger partial charge in [-0.1, -0.05) is 0 Å². The molecule has 60 valence electrons. The van der Waals surface area contributed by atoms with Crippen LogP contribution in [0.1, 0.15) is 12.8 Å². The topological polar surface area (TPSA) is 60.7 Å². The van der Waals surface area contributed by atoms with Gasteiger partial charge in [-0.2, -0.15) is 0 Å². The number of aliphatic hydroxyl groups is 3. The van der Waals surface area contributed by atoms with E-state index in [0.717, 1.165) is 0 Å². The quantitative estimate of drug-likeness (QED) is 0.444. The summed E-state index contributed by atoms with van der Waals surface area (Å²) in [6.07, 6.45) is 1.36. The molecule has 0 fully saturated rings. The molecule has 0 heterocycles. The van der Waals surface area contributed by atoms with Gasteiger partial charge in [-0.3, -0.25) is 0 Å². The van der Waals surface area contributed by atoms with Crippen molar-refractivity contribution in [2.75, 3.05) is 19.8 Å². The summed E-state index contributed by atoms with van der Waals surface area (Å²) in [5, 5.41) is 25.4. The number of rotatable bonds is 5. The molecule has 3 nitrogen and oxygen atoms in total. The average molecular weight is 176 g/mol. The van der Waals surface area contributed by atoms with Gasteiger partial charge in [0.15, 0.2) is 0 Å². The van der Waals surface area contributed by atoms with E-state index in [-0.39, 0.29) is 63.5 Å². The molecule has 0 radical (unpaired) electrons. The molecule has 3 N–H and O–H groups in total. The van der Waals surface area contributed by atoms with Crippen molar-refractivity contribution in [3.05, 3.63) is 0 Å². The standard InChI is InChI=1S/C6H14O3.Ca.2H/c7-3-1-2-6(4-8)5-9;;;/h6-9H,1-5H2;;;. The first-order chi connectivity index (χ1) is 4.35. The molecular weight excluding hydrogens is 160 g/mol. The summed E-state index contributed by atoms with van der Waals surface area (Å²) < 4.78 is 0. The molecule has 0 aromatic heterocycles. The molecule has 0 aliphatic carbocycles. The molecule has 0 aromatic carbocycles. The van der Waals surface area contributed by atoms with Gasteiger partial charge in [0, 0.05) is 25.7 Å². The van der Waals surface area contributed by atoms with Crippen LogP contribution < -0.4 is 0 Å². The minimum atomic E-state index is -0.0443. The molecule has 0 aliphatic heterocycles. The van der Waals surface area contributed by atoms with Crippen molar-refractivity contribution in [1.29, 1.82) is 0 Å². The predicted octanol–water partition coefficient (Wildman–Crippen LogP) is -1.56. The van der Waals surface area contributed by atoms with Crippen molar-refractivity contribution in [2.45, 2.75) is 12.8 Å². The summed E-state index contributed by atoms with van der Waals surface area (Å²) >= 11 is 0. The van der Waals surface area contributed by atoms with Gasteiger partial charge in [0.25, 0.3) is 0 Å². The Morgan fingerprint density at radius 1 is 1.00 bits per heavy atom. The normalized spacial score (nSPS) is 9.60. The second kappa shape index (κ2) is 10.1. The van der Waals surface area contributed by atoms with Gasteiger partial charge in [-0.15, -0.1) is 0 Å². The molecule has 0 rings (SSSR count). The van der Waals surface area contributed by atoms with E-state index in [4.69, 9.17) is 15.3 Å². The van der Waals surface area contributed by atoms with Gasteiger partial charge in [-0.05, 0) is 12.8 Å². The summed E-state index contributed by atoms with van der Waals surface area (Å²) in [5.74, 6) is -0.0443. The van der Waals surface area contributed by atoms with Crippen molar-refractivity contribution >= 4 is 37.7 Å².